The molecule has 0 amide bonds. The van der Waals surface area contributed by atoms with Gasteiger partial charge in [0.25, 0.3) is 0 Å². The molecule has 156 valence electrons. The highest BCUT2D eigenvalue weighted by Crippen LogP contribution is 2.42. The lowest BCUT2D eigenvalue weighted by Gasteiger charge is -2.14. The van der Waals surface area contributed by atoms with Crippen LogP contribution in [0.5, 0.6) is 5.75 Å². The molecule has 0 saturated heterocycles. The topological polar surface area (TPSA) is 61.5 Å². The lowest BCUT2D eigenvalue weighted by atomic mass is 10.0. The molecule has 0 unspecified atom stereocenters. The van der Waals surface area contributed by atoms with Crippen molar-refractivity contribution in [1.82, 2.24) is 0 Å². The first-order valence-corrected chi connectivity index (χ1v) is 11.7. The van der Waals surface area contributed by atoms with E-state index in [2.05, 4.69) is 46.8 Å². The molecule has 1 aromatic heterocycles. The van der Waals surface area contributed by atoms with Gasteiger partial charge in [-0.3, -0.25) is 0 Å². The van der Waals surface area contributed by atoms with E-state index >= 15 is 0 Å². The highest BCUT2D eigenvalue weighted by Gasteiger charge is 2.16. The maximum absolute atomic E-state index is 11.6. The first-order valence-electron chi connectivity index (χ1n) is 9.63. The minimum absolute atomic E-state index is 0.416. The Bertz CT molecular complexity index is 1170. The van der Waals surface area contributed by atoms with E-state index in [9.17, 15) is 4.79 Å². The molecular formula is C25H21NO3S2. The molecule has 0 aliphatic heterocycles. The van der Waals surface area contributed by atoms with Crippen molar-refractivity contribution in [3.63, 3.8) is 0 Å². The van der Waals surface area contributed by atoms with Gasteiger partial charge in [0.05, 0.1) is 5.56 Å². The predicted molar refractivity (Wildman–Crippen MR) is 127 cm³/mol. The van der Waals surface area contributed by atoms with E-state index in [-0.39, 0.29) is 0 Å². The first kappa shape index (κ1) is 21.2. The molecule has 3 aromatic carbocycles. The molecule has 0 saturated carbocycles. The van der Waals surface area contributed by atoms with Gasteiger partial charge in [0.15, 0.2) is 0 Å². The Morgan fingerprint density at radius 3 is 2.45 bits per heavy atom. The van der Waals surface area contributed by atoms with Crippen molar-refractivity contribution in [1.29, 1.82) is 0 Å². The first-order chi connectivity index (χ1) is 15.2. The van der Waals surface area contributed by atoms with Crippen molar-refractivity contribution in [3.8, 4) is 27.3 Å². The summed E-state index contributed by atoms with van der Waals surface area (Å²) >= 11 is 3.37. The van der Waals surface area contributed by atoms with Crippen molar-refractivity contribution >= 4 is 29.1 Å². The number of carbonyl (C=O) groups excluding carboxylic acids is 1. The molecule has 6 heteroatoms. The van der Waals surface area contributed by atoms with Crippen LogP contribution in [0.4, 0.5) is 0 Å². The summed E-state index contributed by atoms with van der Waals surface area (Å²) in [5.41, 5.74) is 4.68. The second-order valence-corrected chi connectivity index (χ2v) is 8.58. The molecule has 0 radical (unpaired) electrons. The van der Waals surface area contributed by atoms with Gasteiger partial charge in [0, 0.05) is 20.9 Å². The molecule has 4 rings (SSSR count). The van der Waals surface area contributed by atoms with Crippen LogP contribution in [0.3, 0.4) is 0 Å². The summed E-state index contributed by atoms with van der Waals surface area (Å²) in [6.07, 6.45) is 2.06. The van der Waals surface area contributed by atoms with Crippen molar-refractivity contribution in [2.45, 2.75) is 11.5 Å². The van der Waals surface area contributed by atoms with E-state index in [1.54, 1.807) is 35.2 Å². The molecule has 0 fully saturated rings. The van der Waals surface area contributed by atoms with Crippen LogP contribution in [0.2, 0.25) is 0 Å². The van der Waals surface area contributed by atoms with Gasteiger partial charge in [0.1, 0.15) is 12.4 Å². The van der Waals surface area contributed by atoms with Crippen LogP contribution in [0.15, 0.2) is 89.1 Å². The Balaban J connectivity index is 1.69. The Morgan fingerprint density at radius 2 is 1.74 bits per heavy atom. The lowest BCUT2D eigenvalue weighted by Crippen LogP contribution is -2.09. The van der Waals surface area contributed by atoms with E-state index in [1.807, 2.05) is 36.4 Å². The van der Waals surface area contributed by atoms with Crippen LogP contribution in [-0.4, -0.2) is 12.2 Å². The summed E-state index contributed by atoms with van der Waals surface area (Å²) in [5, 5.41) is 2.07. The molecule has 2 N–H and O–H groups in total. The molecule has 0 aliphatic carbocycles. The average molecular weight is 448 g/mol. The van der Waals surface area contributed by atoms with Gasteiger partial charge < -0.3 is 9.57 Å². The maximum Gasteiger partial charge on any atom is 0.356 e. The summed E-state index contributed by atoms with van der Waals surface area (Å²) < 4.78 is 6.22. The quantitative estimate of drug-likeness (QED) is 0.262. The highest BCUT2D eigenvalue weighted by molar-refractivity contribution is 7.98. The van der Waals surface area contributed by atoms with Gasteiger partial charge in [-0.05, 0) is 59.2 Å². The van der Waals surface area contributed by atoms with Crippen LogP contribution >= 0.6 is 23.1 Å². The van der Waals surface area contributed by atoms with E-state index in [1.165, 1.54) is 4.90 Å². The number of carbonyl (C=O) groups is 1. The molecule has 0 aliphatic rings. The summed E-state index contributed by atoms with van der Waals surface area (Å²) in [4.78, 5) is 18.2. The number of ether oxygens (including phenoxy) is 1. The normalized spacial score (nSPS) is 10.6. The summed E-state index contributed by atoms with van der Waals surface area (Å²) in [6.45, 7) is 0.503. The average Bonchev–Trinajstić information content (AvgIpc) is 3.32. The second kappa shape index (κ2) is 9.83. The third-order valence-electron chi connectivity index (χ3n) is 4.87. The summed E-state index contributed by atoms with van der Waals surface area (Å²) in [7, 11) is 0. The number of thioether (sulfide) groups is 1. The van der Waals surface area contributed by atoms with Crippen molar-refractivity contribution in [3.05, 3.63) is 95.4 Å². The zero-order valence-electron chi connectivity index (χ0n) is 16.9. The van der Waals surface area contributed by atoms with Crippen LogP contribution in [0.1, 0.15) is 15.9 Å². The fraction of sp³-hybridized carbons (Fsp3) is 0.0800. The predicted octanol–water partition coefficient (Wildman–Crippen LogP) is 6.41. The van der Waals surface area contributed by atoms with Crippen molar-refractivity contribution in [2.75, 3.05) is 6.26 Å². The lowest BCUT2D eigenvalue weighted by molar-refractivity contribution is 0.0503. The Hall–Kier alpha value is -3.06. The van der Waals surface area contributed by atoms with E-state index in [0.29, 0.717) is 12.2 Å². The highest BCUT2D eigenvalue weighted by atomic mass is 32.2. The van der Waals surface area contributed by atoms with Gasteiger partial charge in [-0.15, -0.1) is 23.1 Å². The van der Waals surface area contributed by atoms with E-state index in [0.717, 1.165) is 32.9 Å². The van der Waals surface area contributed by atoms with Gasteiger partial charge >= 0.3 is 5.97 Å². The Morgan fingerprint density at radius 1 is 0.968 bits per heavy atom. The second-order valence-electron chi connectivity index (χ2n) is 6.78. The zero-order valence-corrected chi connectivity index (χ0v) is 18.5. The molecule has 31 heavy (non-hydrogen) atoms. The van der Waals surface area contributed by atoms with Gasteiger partial charge in [-0.1, -0.05) is 42.5 Å². The largest absolute Gasteiger partial charge is 0.488 e. The number of thiophene rings is 1. The van der Waals surface area contributed by atoms with Crippen molar-refractivity contribution < 1.29 is 14.4 Å². The Kier molecular flexibility index (Phi) is 6.72. The van der Waals surface area contributed by atoms with Crippen LogP contribution in [0.25, 0.3) is 21.6 Å². The van der Waals surface area contributed by atoms with Gasteiger partial charge in [-0.2, -0.15) is 5.90 Å². The third-order valence-corrected chi connectivity index (χ3v) is 6.55. The number of nitrogens with two attached hydrogens (primary N) is 1. The minimum atomic E-state index is -0.554. The number of hydrogen-bond donors (Lipinski definition) is 1. The molecule has 0 spiro atoms. The van der Waals surface area contributed by atoms with Crippen LogP contribution in [-0.2, 0) is 11.4 Å². The molecule has 0 atom stereocenters. The standard InChI is InChI=1S/C25H21NO3S2/c1-30-20-11-12-23(28-16-17-5-3-2-4-6-17)22(15-20)24-21(13-14-31-24)18-7-9-19(10-8-18)25(27)29-26/h2-15H,16,26H2,1H3. The van der Waals surface area contributed by atoms with Crippen molar-refractivity contribution in [2.24, 2.45) is 5.90 Å². The van der Waals surface area contributed by atoms with Gasteiger partial charge in [-0.25, -0.2) is 4.79 Å². The number of hydrogen-bond acceptors (Lipinski definition) is 6. The smallest absolute Gasteiger partial charge is 0.356 e. The van der Waals surface area contributed by atoms with Crippen LogP contribution in [0, 0.1) is 0 Å². The summed E-state index contributed by atoms with van der Waals surface area (Å²) in [6, 6.07) is 25.7. The fourth-order valence-corrected chi connectivity index (χ4v) is 4.65. The summed E-state index contributed by atoms with van der Waals surface area (Å²) in [5.74, 6) is 5.27. The molecule has 1 heterocycles. The van der Waals surface area contributed by atoms with E-state index in [4.69, 9.17) is 10.6 Å². The number of rotatable bonds is 7. The SMILES string of the molecule is CSc1ccc(OCc2ccccc2)c(-c2sccc2-c2ccc(C(=O)ON)cc2)c1. The maximum atomic E-state index is 11.6. The van der Waals surface area contributed by atoms with E-state index < -0.39 is 5.97 Å². The molecular weight excluding hydrogens is 426 g/mol. The fourth-order valence-electron chi connectivity index (χ4n) is 3.27. The Labute approximate surface area is 189 Å². The van der Waals surface area contributed by atoms with Gasteiger partial charge in [0.2, 0.25) is 0 Å². The zero-order chi connectivity index (χ0) is 21.6. The van der Waals surface area contributed by atoms with Crippen LogP contribution < -0.4 is 10.6 Å². The third kappa shape index (κ3) is 4.82. The molecule has 0 bridgehead atoms. The molecule has 4 aromatic rings. The molecule has 4 nitrogen and oxygen atoms in total. The minimum Gasteiger partial charge on any atom is -0.488 e. The number of benzene rings is 3. The monoisotopic (exact) mass is 447 g/mol.